The highest BCUT2D eigenvalue weighted by Crippen LogP contribution is 2.29. The van der Waals surface area contributed by atoms with Crippen molar-refractivity contribution in [2.24, 2.45) is 0 Å². The normalized spacial score (nSPS) is 11.1. The van der Waals surface area contributed by atoms with Crippen LogP contribution in [-0.2, 0) is 4.28 Å². The van der Waals surface area contributed by atoms with Crippen molar-refractivity contribution in [3.8, 4) is 0 Å². The molecule has 0 saturated carbocycles. The largest absolute Gasteiger partial charge is 0.345 e. The van der Waals surface area contributed by atoms with Crippen molar-refractivity contribution in [2.75, 3.05) is 5.48 Å². The van der Waals surface area contributed by atoms with Crippen molar-refractivity contribution >= 4 is 50.5 Å². The first kappa shape index (κ1) is 21.3. The predicted molar refractivity (Wildman–Crippen MR) is 111 cm³/mol. The number of anilines is 1. The SMILES string of the molecule is O=C(c1c(F)ccc(NOSc2cc(F)ccc2F)c1F)c1c[nH]c2ncc(Br)cc12. The summed E-state index contributed by atoms with van der Waals surface area (Å²) in [6, 6.07) is 6.22. The molecule has 4 aromatic rings. The Morgan fingerprint density at radius 3 is 2.68 bits per heavy atom. The number of rotatable bonds is 6. The molecule has 31 heavy (non-hydrogen) atoms. The molecule has 2 aromatic heterocycles. The average molecular weight is 512 g/mol. The van der Waals surface area contributed by atoms with E-state index in [0.29, 0.717) is 27.5 Å². The van der Waals surface area contributed by atoms with Crippen LogP contribution in [0.15, 0.2) is 58.2 Å². The maximum Gasteiger partial charge on any atom is 0.201 e. The lowest BCUT2D eigenvalue weighted by atomic mass is 10.0. The highest BCUT2D eigenvalue weighted by molar-refractivity contribution is 9.10. The van der Waals surface area contributed by atoms with Crippen LogP contribution < -0.4 is 5.48 Å². The number of aromatic amines is 1. The Bertz CT molecular complexity index is 1320. The van der Waals surface area contributed by atoms with Gasteiger partial charge in [-0.3, -0.25) is 10.3 Å². The van der Waals surface area contributed by atoms with Gasteiger partial charge < -0.3 is 4.98 Å². The molecule has 0 bridgehead atoms. The van der Waals surface area contributed by atoms with Crippen molar-refractivity contribution in [1.29, 1.82) is 0 Å². The Hall–Kier alpha value is -2.89. The van der Waals surface area contributed by atoms with E-state index in [0.717, 1.165) is 30.3 Å². The molecular weight excluding hydrogens is 502 g/mol. The topological polar surface area (TPSA) is 67.0 Å². The molecule has 0 aliphatic rings. The fraction of sp³-hybridized carbons (Fsp3) is 0. The number of nitrogens with one attached hydrogen (secondary N) is 2. The molecule has 0 atom stereocenters. The highest BCUT2D eigenvalue weighted by atomic mass is 79.9. The molecule has 4 rings (SSSR count). The van der Waals surface area contributed by atoms with Crippen LogP contribution >= 0.6 is 28.0 Å². The number of carbonyl (C=O) groups is 1. The minimum absolute atomic E-state index is 0.0240. The minimum Gasteiger partial charge on any atom is -0.345 e. The van der Waals surface area contributed by atoms with Gasteiger partial charge in [-0.2, -0.15) is 4.28 Å². The van der Waals surface area contributed by atoms with E-state index in [-0.39, 0.29) is 16.1 Å². The zero-order chi connectivity index (χ0) is 22.1. The second-order valence-electron chi connectivity index (χ2n) is 6.21. The summed E-state index contributed by atoms with van der Waals surface area (Å²) in [4.78, 5) is 19.6. The second kappa shape index (κ2) is 8.69. The summed E-state index contributed by atoms with van der Waals surface area (Å²) >= 11 is 3.63. The van der Waals surface area contributed by atoms with E-state index in [1.165, 1.54) is 12.4 Å². The fourth-order valence-corrected chi connectivity index (χ4v) is 3.65. The van der Waals surface area contributed by atoms with Gasteiger partial charge in [-0.25, -0.2) is 22.5 Å². The van der Waals surface area contributed by atoms with E-state index < -0.39 is 34.6 Å². The second-order valence-corrected chi connectivity index (χ2v) is 7.90. The molecule has 0 amide bonds. The molecule has 0 fully saturated rings. The van der Waals surface area contributed by atoms with Gasteiger partial charge in [0, 0.05) is 27.8 Å². The van der Waals surface area contributed by atoms with E-state index in [4.69, 9.17) is 4.28 Å². The Balaban J connectivity index is 1.60. The Labute approximate surface area is 185 Å². The summed E-state index contributed by atoms with van der Waals surface area (Å²) in [5.41, 5.74) is 1.40. The van der Waals surface area contributed by atoms with Gasteiger partial charge in [0.2, 0.25) is 5.78 Å². The van der Waals surface area contributed by atoms with Crippen LogP contribution in [0, 0.1) is 23.3 Å². The zero-order valence-electron chi connectivity index (χ0n) is 15.2. The fourth-order valence-electron chi connectivity index (χ4n) is 2.79. The van der Waals surface area contributed by atoms with Gasteiger partial charge in [-0.05, 0) is 52.3 Å². The van der Waals surface area contributed by atoms with Crippen molar-refractivity contribution in [3.05, 3.63) is 87.7 Å². The smallest absolute Gasteiger partial charge is 0.201 e. The lowest BCUT2D eigenvalue weighted by Gasteiger charge is -2.10. The van der Waals surface area contributed by atoms with Gasteiger partial charge in [0.1, 0.15) is 23.1 Å². The zero-order valence-corrected chi connectivity index (χ0v) is 17.6. The van der Waals surface area contributed by atoms with Crippen LogP contribution in [-0.4, -0.2) is 15.8 Å². The van der Waals surface area contributed by atoms with Crippen LogP contribution in [0.2, 0.25) is 0 Å². The summed E-state index contributed by atoms with van der Waals surface area (Å²) in [6.45, 7) is 0. The van der Waals surface area contributed by atoms with Gasteiger partial charge in [-0.15, -0.1) is 0 Å². The van der Waals surface area contributed by atoms with Gasteiger partial charge in [0.05, 0.1) is 28.2 Å². The lowest BCUT2D eigenvalue weighted by Crippen LogP contribution is -2.10. The van der Waals surface area contributed by atoms with Crippen LogP contribution in [0.1, 0.15) is 15.9 Å². The number of nitrogens with zero attached hydrogens (tertiary/aromatic N) is 1. The van der Waals surface area contributed by atoms with E-state index in [2.05, 4.69) is 31.4 Å². The van der Waals surface area contributed by atoms with Crippen LogP contribution in [0.4, 0.5) is 23.2 Å². The average Bonchev–Trinajstić information content (AvgIpc) is 3.15. The number of ketones is 1. The molecule has 0 spiro atoms. The maximum atomic E-state index is 14.9. The van der Waals surface area contributed by atoms with E-state index in [9.17, 15) is 22.4 Å². The molecule has 0 aliphatic heterocycles. The number of aromatic nitrogens is 2. The number of fused-ring (bicyclic) bond motifs is 1. The highest BCUT2D eigenvalue weighted by Gasteiger charge is 2.24. The standard InChI is InChI=1S/C20H10BrF4N3O2S/c21-9-5-11-12(8-27-20(11)26-7-9)19(29)17-14(24)3-4-15(18(17)25)28-30-31-16-6-10(22)1-2-13(16)23/h1-8,28H,(H,26,27). The molecule has 5 nitrogen and oxygen atoms in total. The third-order valence-corrected chi connectivity index (χ3v) is 5.33. The molecule has 2 heterocycles. The molecule has 0 saturated heterocycles. The summed E-state index contributed by atoms with van der Waals surface area (Å²) < 4.78 is 61.7. The summed E-state index contributed by atoms with van der Waals surface area (Å²) in [5, 5.41) is 0.380. The first-order valence-corrected chi connectivity index (χ1v) is 10.1. The Kier molecular flexibility index (Phi) is 5.99. The minimum atomic E-state index is -1.21. The molecule has 0 radical (unpaired) electrons. The first-order chi connectivity index (χ1) is 14.8. The molecule has 2 aromatic carbocycles. The molecule has 158 valence electrons. The molecule has 0 unspecified atom stereocenters. The number of hydrogen-bond acceptors (Lipinski definition) is 5. The van der Waals surface area contributed by atoms with E-state index >= 15 is 0 Å². The number of halogens is 5. The third-order valence-electron chi connectivity index (χ3n) is 4.24. The van der Waals surface area contributed by atoms with Crippen molar-refractivity contribution in [2.45, 2.75) is 4.90 Å². The van der Waals surface area contributed by atoms with Gasteiger partial charge in [-0.1, -0.05) is 0 Å². The maximum absolute atomic E-state index is 14.9. The lowest BCUT2D eigenvalue weighted by molar-refractivity contribution is 0.103. The number of H-pyrrole nitrogens is 1. The molecule has 0 aliphatic carbocycles. The van der Waals surface area contributed by atoms with Crippen molar-refractivity contribution in [1.82, 2.24) is 9.97 Å². The van der Waals surface area contributed by atoms with E-state index in [1.807, 2.05) is 0 Å². The quantitative estimate of drug-likeness (QED) is 0.140. The number of pyridine rings is 1. The number of hydrogen-bond donors (Lipinski definition) is 2. The van der Waals surface area contributed by atoms with Gasteiger partial charge >= 0.3 is 0 Å². The summed E-state index contributed by atoms with van der Waals surface area (Å²) in [7, 11) is 0. The van der Waals surface area contributed by atoms with E-state index in [1.54, 1.807) is 6.07 Å². The molecule has 2 N–H and O–H groups in total. The van der Waals surface area contributed by atoms with Crippen LogP contribution in [0.3, 0.4) is 0 Å². The number of carbonyl (C=O) groups excluding carboxylic acids is 1. The molecular formula is C20H10BrF4N3O2S. The van der Waals surface area contributed by atoms with Crippen molar-refractivity contribution < 1.29 is 26.6 Å². The summed E-state index contributed by atoms with van der Waals surface area (Å²) in [5.74, 6) is -4.62. The monoisotopic (exact) mass is 511 g/mol. The third kappa shape index (κ3) is 4.29. The van der Waals surface area contributed by atoms with Crippen LogP contribution in [0.25, 0.3) is 11.0 Å². The Morgan fingerprint density at radius 2 is 1.87 bits per heavy atom. The van der Waals surface area contributed by atoms with Crippen LogP contribution in [0.5, 0.6) is 0 Å². The first-order valence-electron chi connectivity index (χ1n) is 8.55. The van der Waals surface area contributed by atoms with Crippen molar-refractivity contribution in [3.63, 3.8) is 0 Å². The van der Waals surface area contributed by atoms with Gasteiger partial charge in [0.25, 0.3) is 0 Å². The predicted octanol–water partition coefficient (Wildman–Crippen LogP) is 6.16. The number of benzene rings is 2. The Morgan fingerprint density at radius 1 is 1.10 bits per heavy atom. The molecule has 11 heteroatoms. The van der Waals surface area contributed by atoms with Gasteiger partial charge in [0.15, 0.2) is 5.82 Å². The summed E-state index contributed by atoms with van der Waals surface area (Å²) in [6.07, 6.45) is 2.82.